The average molecular weight is 356 g/mol. The van der Waals surface area contributed by atoms with Crippen molar-refractivity contribution in [2.45, 2.75) is 12.5 Å². The maximum Gasteiger partial charge on any atom is 0.332 e. The number of carbonyl (C=O) groups is 2. The Balaban J connectivity index is 1.76. The fourth-order valence-electron chi connectivity index (χ4n) is 2.47. The zero-order valence-electron chi connectivity index (χ0n) is 13.0. The number of aromatic nitrogens is 2. The van der Waals surface area contributed by atoms with E-state index in [2.05, 4.69) is 15.3 Å². The molecular formula is C18H14ClN3O3. The van der Waals surface area contributed by atoms with Crippen molar-refractivity contribution in [2.75, 3.05) is 0 Å². The summed E-state index contributed by atoms with van der Waals surface area (Å²) in [7, 11) is 0. The molecule has 0 spiro atoms. The van der Waals surface area contributed by atoms with E-state index in [0.29, 0.717) is 5.02 Å². The number of amides is 1. The van der Waals surface area contributed by atoms with Gasteiger partial charge in [0.05, 0.1) is 22.7 Å². The predicted molar refractivity (Wildman–Crippen MR) is 93.2 cm³/mol. The molecule has 0 radical (unpaired) electrons. The lowest BCUT2D eigenvalue weighted by Crippen LogP contribution is -2.35. The second-order valence-electron chi connectivity index (χ2n) is 5.45. The van der Waals surface area contributed by atoms with Crippen LogP contribution in [0.25, 0.3) is 10.9 Å². The molecule has 2 heterocycles. The van der Waals surface area contributed by atoms with E-state index in [1.54, 1.807) is 42.6 Å². The number of aliphatic carboxylic acids is 1. The molecule has 3 aromatic rings. The van der Waals surface area contributed by atoms with Crippen LogP contribution in [0.4, 0.5) is 0 Å². The Morgan fingerprint density at radius 2 is 2.00 bits per heavy atom. The van der Waals surface area contributed by atoms with E-state index in [1.807, 2.05) is 6.07 Å². The summed E-state index contributed by atoms with van der Waals surface area (Å²) in [5.74, 6) is -1.58. The third-order valence-corrected chi connectivity index (χ3v) is 3.82. The summed E-state index contributed by atoms with van der Waals surface area (Å²) < 4.78 is 0. The third-order valence-electron chi connectivity index (χ3n) is 3.61. The normalized spacial score (nSPS) is 11.9. The summed E-state index contributed by atoms with van der Waals surface area (Å²) >= 11 is 5.93. The zero-order valence-corrected chi connectivity index (χ0v) is 13.8. The number of carboxylic acid groups (broad SMARTS) is 1. The van der Waals surface area contributed by atoms with Crippen LogP contribution in [-0.2, 0) is 16.0 Å². The van der Waals surface area contributed by atoms with Crippen molar-refractivity contribution in [3.05, 3.63) is 71.1 Å². The first-order chi connectivity index (χ1) is 12.0. The summed E-state index contributed by atoms with van der Waals surface area (Å²) in [5.41, 5.74) is 1.78. The smallest absolute Gasteiger partial charge is 0.332 e. The molecular weight excluding hydrogens is 342 g/mol. The van der Waals surface area contributed by atoms with Crippen LogP contribution in [0.2, 0.25) is 5.02 Å². The highest BCUT2D eigenvalue weighted by atomic mass is 35.5. The molecule has 0 saturated carbocycles. The van der Waals surface area contributed by atoms with E-state index in [0.717, 1.165) is 16.5 Å². The largest absolute Gasteiger partial charge is 0.479 e. The zero-order chi connectivity index (χ0) is 17.8. The molecule has 0 aliphatic rings. The number of carboxylic acids is 1. The SMILES string of the molecule is O=C(Cc1ccc2ncc(Cl)cc2c1)NC(C(=O)O)c1ccccn1. The Kier molecular flexibility index (Phi) is 4.90. The Hall–Kier alpha value is -2.99. The van der Waals surface area contributed by atoms with Gasteiger partial charge in [-0.05, 0) is 35.9 Å². The van der Waals surface area contributed by atoms with E-state index >= 15 is 0 Å². The Labute approximate surface area is 148 Å². The van der Waals surface area contributed by atoms with Gasteiger partial charge in [-0.15, -0.1) is 0 Å². The molecule has 3 rings (SSSR count). The molecule has 2 aromatic heterocycles. The highest BCUT2D eigenvalue weighted by Gasteiger charge is 2.23. The minimum Gasteiger partial charge on any atom is -0.479 e. The molecule has 6 nitrogen and oxygen atoms in total. The first-order valence-electron chi connectivity index (χ1n) is 7.50. The summed E-state index contributed by atoms with van der Waals surface area (Å²) in [4.78, 5) is 31.9. The maximum absolute atomic E-state index is 12.3. The number of hydrogen-bond donors (Lipinski definition) is 2. The van der Waals surface area contributed by atoms with E-state index in [4.69, 9.17) is 11.6 Å². The third kappa shape index (κ3) is 4.10. The van der Waals surface area contributed by atoms with Gasteiger partial charge in [0.2, 0.25) is 5.91 Å². The van der Waals surface area contributed by atoms with Crippen molar-refractivity contribution < 1.29 is 14.7 Å². The van der Waals surface area contributed by atoms with Crippen LogP contribution in [0.1, 0.15) is 17.3 Å². The van der Waals surface area contributed by atoms with Crippen LogP contribution in [0.3, 0.4) is 0 Å². The van der Waals surface area contributed by atoms with Crippen molar-refractivity contribution in [3.8, 4) is 0 Å². The van der Waals surface area contributed by atoms with E-state index in [9.17, 15) is 14.7 Å². The van der Waals surface area contributed by atoms with Crippen LogP contribution in [0.15, 0.2) is 54.9 Å². The number of nitrogens with one attached hydrogen (secondary N) is 1. The second kappa shape index (κ2) is 7.27. The van der Waals surface area contributed by atoms with Gasteiger partial charge in [-0.25, -0.2) is 4.79 Å². The van der Waals surface area contributed by atoms with Crippen molar-refractivity contribution in [1.82, 2.24) is 15.3 Å². The van der Waals surface area contributed by atoms with Crippen LogP contribution >= 0.6 is 11.6 Å². The highest BCUT2D eigenvalue weighted by molar-refractivity contribution is 6.31. The van der Waals surface area contributed by atoms with Gasteiger partial charge in [0.1, 0.15) is 0 Å². The van der Waals surface area contributed by atoms with Gasteiger partial charge in [-0.1, -0.05) is 23.7 Å². The minimum absolute atomic E-state index is 0.0407. The molecule has 0 bridgehead atoms. The number of rotatable bonds is 5. The van der Waals surface area contributed by atoms with Crippen molar-refractivity contribution in [2.24, 2.45) is 0 Å². The number of benzene rings is 1. The Morgan fingerprint density at radius 1 is 1.16 bits per heavy atom. The van der Waals surface area contributed by atoms with Gasteiger partial charge < -0.3 is 10.4 Å². The fourth-order valence-corrected chi connectivity index (χ4v) is 2.64. The number of nitrogens with zero attached hydrogens (tertiary/aromatic N) is 2. The maximum atomic E-state index is 12.3. The number of fused-ring (bicyclic) bond motifs is 1. The lowest BCUT2D eigenvalue weighted by atomic mass is 10.1. The molecule has 1 aromatic carbocycles. The number of carbonyl (C=O) groups excluding carboxylic acids is 1. The predicted octanol–water partition coefficient (Wildman–Crippen LogP) is 2.77. The monoisotopic (exact) mass is 355 g/mol. The van der Waals surface area contributed by atoms with Gasteiger partial charge >= 0.3 is 5.97 Å². The topological polar surface area (TPSA) is 92.2 Å². The lowest BCUT2D eigenvalue weighted by molar-refractivity contribution is -0.142. The van der Waals surface area contributed by atoms with Gasteiger partial charge in [0, 0.05) is 17.8 Å². The molecule has 2 N–H and O–H groups in total. The summed E-state index contributed by atoms with van der Waals surface area (Å²) in [6.45, 7) is 0. The fraction of sp³-hybridized carbons (Fsp3) is 0.111. The van der Waals surface area contributed by atoms with Crippen LogP contribution in [0.5, 0.6) is 0 Å². The van der Waals surface area contributed by atoms with Gasteiger partial charge in [-0.3, -0.25) is 14.8 Å². The molecule has 1 unspecified atom stereocenters. The minimum atomic E-state index is -1.19. The first kappa shape index (κ1) is 16.9. The molecule has 0 saturated heterocycles. The van der Waals surface area contributed by atoms with Crippen LogP contribution < -0.4 is 5.32 Å². The van der Waals surface area contributed by atoms with Gasteiger partial charge in [0.25, 0.3) is 0 Å². The van der Waals surface area contributed by atoms with Crippen LogP contribution in [0, 0.1) is 0 Å². The molecule has 7 heteroatoms. The number of hydrogen-bond acceptors (Lipinski definition) is 4. The van der Waals surface area contributed by atoms with E-state index in [1.165, 1.54) is 6.20 Å². The van der Waals surface area contributed by atoms with Crippen molar-refractivity contribution in [1.29, 1.82) is 0 Å². The summed E-state index contributed by atoms with van der Waals surface area (Å²) in [6, 6.07) is 10.9. The standard InChI is InChI=1S/C18H14ClN3O3/c19-13-9-12-7-11(4-5-14(12)21-10-13)8-16(23)22-17(18(24)25)15-3-1-2-6-20-15/h1-7,9-10,17H,8H2,(H,22,23)(H,24,25). The van der Waals surface area contributed by atoms with Crippen LogP contribution in [-0.4, -0.2) is 27.0 Å². The number of halogens is 1. The van der Waals surface area contributed by atoms with Crippen molar-refractivity contribution >= 4 is 34.4 Å². The first-order valence-corrected chi connectivity index (χ1v) is 7.88. The molecule has 0 aliphatic carbocycles. The van der Waals surface area contributed by atoms with Crippen molar-refractivity contribution in [3.63, 3.8) is 0 Å². The lowest BCUT2D eigenvalue weighted by Gasteiger charge is -2.14. The summed E-state index contributed by atoms with van der Waals surface area (Å²) in [5, 5.41) is 13.2. The Morgan fingerprint density at radius 3 is 2.72 bits per heavy atom. The highest BCUT2D eigenvalue weighted by Crippen LogP contribution is 2.19. The Bertz CT molecular complexity index is 931. The molecule has 1 atom stereocenters. The molecule has 0 fully saturated rings. The average Bonchev–Trinajstić information content (AvgIpc) is 2.60. The quantitative estimate of drug-likeness (QED) is 0.734. The van der Waals surface area contributed by atoms with Gasteiger partial charge in [0.15, 0.2) is 6.04 Å². The van der Waals surface area contributed by atoms with E-state index < -0.39 is 17.9 Å². The molecule has 1 amide bonds. The van der Waals surface area contributed by atoms with Gasteiger partial charge in [-0.2, -0.15) is 0 Å². The number of pyridine rings is 2. The molecule has 126 valence electrons. The van der Waals surface area contributed by atoms with E-state index in [-0.39, 0.29) is 12.1 Å². The second-order valence-corrected chi connectivity index (χ2v) is 5.89. The molecule has 0 aliphatic heterocycles. The molecule has 25 heavy (non-hydrogen) atoms. The summed E-state index contributed by atoms with van der Waals surface area (Å²) in [6.07, 6.45) is 3.08.